The highest BCUT2D eigenvalue weighted by Crippen LogP contribution is 2.60. The molecular formula is C38H55F3O5. The number of fused-ring (bicyclic) bond motifs is 2. The lowest BCUT2D eigenvalue weighted by molar-refractivity contribution is -0.206. The molecule has 0 spiro atoms. The Kier molecular flexibility index (Phi) is 9.16. The number of alkyl halides is 3. The van der Waals surface area contributed by atoms with Crippen LogP contribution in [0.15, 0.2) is 35.9 Å². The maximum absolute atomic E-state index is 13.7. The first kappa shape index (κ1) is 35.4. The molecule has 1 aromatic carbocycles. The number of benzene rings is 1. The quantitative estimate of drug-likeness (QED) is 0.246. The van der Waals surface area contributed by atoms with Gasteiger partial charge in [-0.15, -0.1) is 0 Å². The number of esters is 1. The van der Waals surface area contributed by atoms with Gasteiger partial charge in [0.15, 0.2) is 0 Å². The van der Waals surface area contributed by atoms with Gasteiger partial charge in [0.2, 0.25) is 0 Å². The van der Waals surface area contributed by atoms with E-state index in [0.717, 1.165) is 44.2 Å². The van der Waals surface area contributed by atoms with Crippen LogP contribution in [0, 0.1) is 34.5 Å². The number of carbonyl (C=O) groups is 1. The molecule has 46 heavy (non-hydrogen) atoms. The molecule has 1 aliphatic heterocycles. The molecule has 2 saturated carbocycles. The molecule has 0 unspecified atom stereocenters. The smallest absolute Gasteiger partial charge is 0.417 e. The average Bonchev–Trinajstić information content (AvgIpc) is 3.16. The molecular weight excluding hydrogens is 593 g/mol. The molecule has 0 amide bonds. The fraction of sp³-hybridized carbons (Fsp3) is 0.763. The van der Waals surface area contributed by atoms with Crippen molar-refractivity contribution >= 4 is 5.97 Å². The molecule has 0 radical (unpaired) electrons. The van der Waals surface area contributed by atoms with E-state index in [1.807, 2.05) is 27.7 Å². The van der Waals surface area contributed by atoms with E-state index in [2.05, 4.69) is 33.8 Å². The Hall–Kier alpha value is -1.90. The van der Waals surface area contributed by atoms with Gasteiger partial charge < -0.3 is 19.7 Å². The van der Waals surface area contributed by atoms with Crippen LogP contribution in [0.5, 0.6) is 0 Å². The molecule has 2 N–H and O–H groups in total. The number of hydrogen-bond donors (Lipinski definition) is 2. The SMILES string of the molecule is CC1=CC[C@H]2[C@H](CC[C@]2(C)O)C(C)(C)[C@@H]1CC[C@H]1[C@]2(C)CC[C@H](OC(=O)c3ccccc3C(F)(F)F)C(C)(C)O[C@H]2CC[C@@]1(C)O. The van der Waals surface area contributed by atoms with Gasteiger partial charge in [-0.2, -0.15) is 13.2 Å². The molecule has 9 atom stereocenters. The predicted octanol–water partition coefficient (Wildman–Crippen LogP) is 8.91. The molecule has 5 nitrogen and oxygen atoms in total. The van der Waals surface area contributed by atoms with Gasteiger partial charge in [0, 0.05) is 0 Å². The van der Waals surface area contributed by atoms with Gasteiger partial charge in [-0.3, -0.25) is 0 Å². The zero-order valence-electron chi connectivity index (χ0n) is 29.0. The van der Waals surface area contributed by atoms with E-state index in [4.69, 9.17) is 9.47 Å². The van der Waals surface area contributed by atoms with Crippen LogP contribution in [0.3, 0.4) is 0 Å². The maximum Gasteiger partial charge on any atom is 0.417 e. The van der Waals surface area contributed by atoms with Gasteiger partial charge >= 0.3 is 12.1 Å². The Labute approximate surface area is 273 Å². The first-order valence-electron chi connectivity index (χ1n) is 17.3. The fourth-order valence-corrected chi connectivity index (χ4v) is 10.4. The molecule has 4 aliphatic rings. The summed E-state index contributed by atoms with van der Waals surface area (Å²) in [5.41, 5.74) is -3.12. The van der Waals surface area contributed by atoms with Crippen LogP contribution in [-0.4, -0.2) is 45.2 Å². The minimum absolute atomic E-state index is 0.0168. The predicted molar refractivity (Wildman–Crippen MR) is 172 cm³/mol. The number of rotatable bonds is 5. The minimum Gasteiger partial charge on any atom is -0.456 e. The van der Waals surface area contributed by atoms with E-state index in [-0.39, 0.29) is 23.4 Å². The summed E-state index contributed by atoms with van der Waals surface area (Å²) in [4.78, 5) is 13.2. The van der Waals surface area contributed by atoms with Crippen molar-refractivity contribution < 1.29 is 37.7 Å². The second-order valence-corrected chi connectivity index (χ2v) is 16.9. The summed E-state index contributed by atoms with van der Waals surface area (Å²) in [5, 5.41) is 23.1. The Balaban J connectivity index is 1.38. The Morgan fingerprint density at radius 1 is 0.913 bits per heavy atom. The fourth-order valence-electron chi connectivity index (χ4n) is 10.4. The molecule has 3 aliphatic carbocycles. The van der Waals surface area contributed by atoms with Gasteiger partial charge in [-0.25, -0.2) is 4.79 Å². The third-order valence-corrected chi connectivity index (χ3v) is 13.2. The van der Waals surface area contributed by atoms with Crippen LogP contribution in [0.25, 0.3) is 0 Å². The summed E-state index contributed by atoms with van der Waals surface area (Å²) in [6.45, 7) is 16.7. The standard InChI is InChI=1S/C38H55F3O5/c1-23-13-14-28-27(17-21-36(28,7)43)33(2,3)25(23)15-16-29-35(6)20-18-30(34(4,5)46-31(35)19-22-37(29,8)44)45-32(42)24-11-9-10-12-26(24)38(39,40)41/h9-13,25,27-31,43-44H,14-22H2,1-8H3/t25-,27+,28+,29+,30+,31+,35+,36+,37-/m1/s1. The van der Waals surface area contributed by atoms with E-state index in [1.165, 1.54) is 17.7 Å². The van der Waals surface area contributed by atoms with Crippen molar-refractivity contribution in [2.24, 2.45) is 34.5 Å². The van der Waals surface area contributed by atoms with Crippen LogP contribution >= 0.6 is 0 Å². The lowest BCUT2D eigenvalue weighted by atomic mass is 9.55. The summed E-state index contributed by atoms with van der Waals surface area (Å²) in [7, 11) is 0. The van der Waals surface area contributed by atoms with Crippen LogP contribution in [0.2, 0.25) is 0 Å². The van der Waals surface area contributed by atoms with Gasteiger partial charge in [0.1, 0.15) is 6.10 Å². The summed E-state index contributed by atoms with van der Waals surface area (Å²) in [6, 6.07) is 4.73. The van der Waals surface area contributed by atoms with Crippen LogP contribution in [0.4, 0.5) is 13.2 Å². The zero-order chi connectivity index (χ0) is 34.1. The van der Waals surface area contributed by atoms with Crippen LogP contribution < -0.4 is 0 Å². The summed E-state index contributed by atoms with van der Waals surface area (Å²) in [5.74, 6) is -0.139. The monoisotopic (exact) mass is 648 g/mol. The third-order valence-electron chi connectivity index (χ3n) is 13.2. The molecule has 5 rings (SSSR count). The zero-order valence-corrected chi connectivity index (χ0v) is 29.0. The van der Waals surface area contributed by atoms with Gasteiger partial charge in [0.05, 0.1) is 34.0 Å². The largest absolute Gasteiger partial charge is 0.456 e. The lowest BCUT2D eigenvalue weighted by Crippen LogP contribution is -2.56. The summed E-state index contributed by atoms with van der Waals surface area (Å²) >= 11 is 0. The number of hydrogen-bond acceptors (Lipinski definition) is 5. The Morgan fingerprint density at radius 3 is 2.24 bits per heavy atom. The van der Waals surface area contributed by atoms with Gasteiger partial charge in [-0.1, -0.05) is 44.6 Å². The number of halogens is 3. The van der Waals surface area contributed by atoms with Crippen LogP contribution in [0.1, 0.15) is 129 Å². The van der Waals surface area contributed by atoms with E-state index < -0.39 is 51.6 Å². The highest BCUT2D eigenvalue weighted by Gasteiger charge is 2.58. The topological polar surface area (TPSA) is 76.0 Å². The summed E-state index contributed by atoms with van der Waals surface area (Å²) < 4.78 is 53.7. The molecule has 1 heterocycles. The molecule has 0 aromatic heterocycles. The first-order valence-corrected chi connectivity index (χ1v) is 17.3. The maximum atomic E-state index is 13.7. The Morgan fingerprint density at radius 2 is 1.57 bits per heavy atom. The number of ether oxygens (including phenoxy) is 2. The number of aliphatic hydroxyl groups is 2. The van der Waals surface area contributed by atoms with Crippen molar-refractivity contribution in [1.82, 2.24) is 0 Å². The molecule has 0 bridgehead atoms. The lowest BCUT2D eigenvalue weighted by Gasteiger charge is -2.54. The van der Waals surface area contributed by atoms with Gasteiger partial charge in [-0.05, 0) is 139 Å². The average molecular weight is 649 g/mol. The van der Waals surface area contributed by atoms with E-state index in [9.17, 15) is 28.2 Å². The minimum atomic E-state index is -4.68. The van der Waals surface area contributed by atoms with E-state index in [0.29, 0.717) is 37.5 Å². The van der Waals surface area contributed by atoms with E-state index in [1.54, 1.807) is 0 Å². The van der Waals surface area contributed by atoms with Crippen molar-refractivity contribution in [3.63, 3.8) is 0 Å². The molecule has 1 saturated heterocycles. The van der Waals surface area contributed by atoms with Crippen molar-refractivity contribution in [3.8, 4) is 0 Å². The molecule has 258 valence electrons. The number of carbonyl (C=O) groups excluding carboxylic acids is 1. The number of allylic oxidation sites excluding steroid dienone is 2. The van der Waals surface area contributed by atoms with Crippen molar-refractivity contribution in [1.29, 1.82) is 0 Å². The van der Waals surface area contributed by atoms with E-state index >= 15 is 0 Å². The van der Waals surface area contributed by atoms with Crippen molar-refractivity contribution in [2.75, 3.05) is 0 Å². The third kappa shape index (κ3) is 6.32. The molecule has 8 heteroatoms. The second-order valence-electron chi connectivity index (χ2n) is 16.9. The van der Waals surface area contributed by atoms with Crippen molar-refractivity contribution in [2.45, 2.75) is 148 Å². The first-order chi connectivity index (χ1) is 21.1. The summed E-state index contributed by atoms with van der Waals surface area (Å²) in [6.07, 6.45) is 3.37. The van der Waals surface area contributed by atoms with Crippen LogP contribution in [-0.2, 0) is 15.7 Å². The highest BCUT2D eigenvalue weighted by atomic mass is 19.4. The Bertz CT molecular complexity index is 1330. The molecule has 3 fully saturated rings. The molecule has 1 aromatic rings. The normalized spacial score (nSPS) is 40.6. The second kappa shape index (κ2) is 11.9. The van der Waals surface area contributed by atoms with Crippen molar-refractivity contribution in [3.05, 3.63) is 47.0 Å². The van der Waals surface area contributed by atoms with Gasteiger partial charge in [0.25, 0.3) is 0 Å². The highest BCUT2D eigenvalue weighted by molar-refractivity contribution is 5.91.